The molecule has 1 rings (SSSR count). The second kappa shape index (κ2) is 5.77. The number of carboxylic acids is 1. The Balaban J connectivity index is 3.17. The first-order valence-corrected chi connectivity index (χ1v) is 5.75. The van der Waals surface area contributed by atoms with E-state index in [1.807, 2.05) is 0 Å². The molecule has 20 heavy (non-hydrogen) atoms. The Morgan fingerprint density at radius 3 is 2.35 bits per heavy atom. The van der Waals surface area contributed by atoms with E-state index in [0.29, 0.717) is 0 Å². The summed E-state index contributed by atoms with van der Waals surface area (Å²) in [7, 11) is 1.25. The highest BCUT2D eigenvalue weighted by atomic mass is 19.1. The molecule has 0 aliphatic carbocycles. The van der Waals surface area contributed by atoms with Gasteiger partial charge in [0.05, 0.1) is 12.8 Å². The van der Waals surface area contributed by atoms with Gasteiger partial charge in [-0.3, -0.25) is 5.32 Å². The fourth-order valence-electron chi connectivity index (χ4n) is 1.47. The average Bonchev–Trinajstić information content (AvgIpc) is 2.28. The SMILES string of the molecule is COc1ccc(F)c(NC(=O)OC(C)(C)C)c1C(=O)O. The van der Waals surface area contributed by atoms with E-state index in [1.165, 1.54) is 13.2 Å². The van der Waals surface area contributed by atoms with Crippen molar-refractivity contribution in [3.05, 3.63) is 23.5 Å². The van der Waals surface area contributed by atoms with Crippen LogP contribution in [0.5, 0.6) is 5.75 Å². The molecule has 0 saturated heterocycles. The maximum absolute atomic E-state index is 13.7. The lowest BCUT2D eigenvalue weighted by atomic mass is 10.1. The van der Waals surface area contributed by atoms with Gasteiger partial charge in [0.2, 0.25) is 0 Å². The monoisotopic (exact) mass is 285 g/mol. The average molecular weight is 285 g/mol. The van der Waals surface area contributed by atoms with Crippen molar-refractivity contribution in [1.29, 1.82) is 0 Å². The van der Waals surface area contributed by atoms with Gasteiger partial charge in [-0.05, 0) is 32.9 Å². The van der Waals surface area contributed by atoms with Gasteiger partial charge in [-0.1, -0.05) is 0 Å². The van der Waals surface area contributed by atoms with Gasteiger partial charge in [0.1, 0.15) is 22.7 Å². The molecule has 0 aromatic heterocycles. The molecule has 1 amide bonds. The van der Waals surface area contributed by atoms with Crippen molar-refractivity contribution in [2.24, 2.45) is 0 Å². The number of carboxylic acid groups (broad SMARTS) is 1. The van der Waals surface area contributed by atoms with Gasteiger partial charge in [0.15, 0.2) is 0 Å². The number of halogens is 1. The molecule has 0 heterocycles. The third kappa shape index (κ3) is 3.84. The van der Waals surface area contributed by atoms with Crippen LogP contribution in [-0.2, 0) is 4.74 Å². The van der Waals surface area contributed by atoms with Crippen LogP contribution in [0.15, 0.2) is 12.1 Å². The smallest absolute Gasteiger partial charge is 0.412 e. The van der Waals surface area contributed by atoms with E-state index in [-0.39, 0.29) is 5.75 Å². The molecule has 1 aromatic carbocycles. The Bertz CT molecular complexity index is 536. The lowest BCUT2D eigenvalue weighted by molar-refractivity contribution is 0.0635. The molecule has 0 atom stereocenters. The van der Waals surface area contributed by atoms with Gasteiger partial charge >= 0.3 is 12.1 Å². The van der Waals surface area contributed by atoms with E-state index >= 15 is 0 Å². The lowest BCUT2D eigenvalue weighted by Gasteiger charge is -2.20. The largest absolute Gasteiger partial charge is 0.496 e. The number of methoxy groups -OCH3 is 1. The molecule has 7 heteroatoms. The van der Waals surface area contributed by atoms with Crippen molar-refractivity contribution >= 4 is 17.7 Å². The van der Waals surface area contributed by atoms with Crippen molar-refractivity contribution in [3.8, 4) is 5.75 Å². The quantitative estimate of drug-likeness (QED) is 0.892. The third-order valence-electron chi connectivity index (χ3n) is 2.18. The Hall–Kier alpha value is -2.31. The van der Waals surface area contributed by atoms with Gasteiger partial charge < -0.3 is 14.6 Å². The van der Waals surface area contributed by atoms with Crippen molar-refractivity contribution < 1.29 is 28.6 Å². The lowest BCUT2D eigenvalue weighted by Crippen LogP contribution is -2.28. The van der Waals surface area contributed by atoms with Gasteiger partial charge in [0.25, 0.3) is 0 Å². The van der Waals surface area contributed by atoms with Crippen LogP contribution < -0.4 is 10.1 Å². The van der Waals surface area contributed by atoms with E-state index in [9.17, 15) is 14.0 Å². The highest BCUT2D eigenvalue weighted by Gasteiger charge is 2.24. The summed E-state index contributed by atoms with van der Waals surface area (Å²) in [5.74, 6) is -2.38. The number of ether oxygens (including phenoxy) is 2. The highest BCUT2D eigenvalue weighted by Crippen LogP contribution is 2.29. The van der Waals surface area contributed by atoms with Crippen LogP contribution in [0.4, 0.5) is 14.9 Å². The molecule has 6 nitrogen and oxygen atoms in total. The van der Waals surface area contributed by atoms with Gasteiger partial charge in [-0.15, -0.1) is 0 Å². The molecule has 0 fully saturated rings. The number of aromatic carboxylic acids is 1. The standard InChI is InChI=1S/C13H16FNO5/c1-13(2,3)20-12(18)15-10-7(14)5-6-8(19-4)9(10)11(16)17/h5-6H,1-4H3,(H,15,18)(H,16,17). The van der Waals surface area contributed by atoms with E-state index in [0.717, 1.165) is 6.07 Å². The zero-order valence-corrected chi connectivity index (χ0v) is 11.6. The minimum atomic E-state index is -1.42. The topological polar surface area (TPSA) is 84.9 Å². The van der Waals surface area contributed by atoms with Crippen molar-refractivity contribution in [2.75, 3.05) is 12.4 Å². The molecule has 0 bridgehead atoms. The first kappa shape index (κ1) is 15.7. The normalized spacial score (nSPS) is 10.8. The number of hydrogen-bond acceptors (Lipinski definition) is 4. The molecule has 0 spiro atoms. The zero-order valence-electron chi connectivity index (χ0n) is 11.6. The van der Waals surface area contributed by atoms with E-state index in [2.05, 4.69) is 5.32 Å². The highest BCUT2D eigenvalue weighted by molar-refractivity contribution is 6.01. The Kier molecular flexibility index (Phi) is 4.54. The second-order valence-electron chi connectivity index (χ2n) is 4.93. The Labute approximate surface area is 115 Å². The molecule has 0 saturated carbocycles. The maximum Gasteiger partial charge on any atom is 0.412 e. The van der Waals surface area contributed by atoms with Gasteiger partial charge in [-0.2, -0.15) is 0 Å². The maximum atomic E-state index is 13.7. The number of hydrogen-bond donors (Lipinski definition) is 2. The van der Waals surface area contributed by atoms with Crippen LogP contribution >= 0.6 is 0 Å². The number of benzene rings is 1. The van der Waals surface area contributed by atoms with Gasteiger partial charge in [-0.25, -0.2) is 14.0 Å². The van der Waals surface area contributed by atoms with E-state index in [4.69, 9.17) is 14.6 Å². The fourth-order valence-corrected chi connectivity index (χ4v) is 1.47. The minimum Gasteiger partial charge on any atom is -0.496 e. The number of anilines is 1. The molecule has 0 unspecified atom stereocenters. The Morgan fingerprint density at radius 1 is 1.30 bits per heavy atom. The fraction of sp³-hybridized carbons (Fsp3) is 0.385. The summed E-state index contributed by atoms with van der Waals surface area (Å²) < 4.78 is 23.5. The summed E-state index contributed by atoms with van der Waals surface area (Å²) in [4.78, 5) is 22.8. The van der Waals surface area contributed by atoms with Crippen LogP contribution in [-0.4, -0.2) is 29.9 Å². The van der Waals surface area contributed by atoms with Crippen LogP contribution in [0, 0.1) is 5.82 Å². The number of carbonyl (C=O) groups is 2. The van der Waals surface area contributed by atoms with Crippen LogP contribution in [0.1, 0.15) is 31.1 Å². The summed E-state index contributed by atoms with van der Waals surface area (Å²) in [5.41, 5.74) is -1.76. The van der Waals surface area contributed by atoms with E-state index in [1.54, 1.807) is 20.8 Å². The first-order valence-electron chi connectivity index (χ1n) is 5.75. The molecule has 0 aliphatic heterocycles. The number of amides is 1. The molecule has 0 aliphatic rings. The number of rotatable bonds is 3. The summed E-state index contributed by atoms with van der Waals surface area (Å²) >= 11 is 0. The molecular formula is C13H16FNO5. The van der Waals surface area contributed by atoms with Crippen molar-refractivity contribution in [3.63, 3.8) is 0 Å². The first-order chi connectivity index (χ1) is 9.15. The molecular weight excluding hydrogens is 269 g/mol. The third-order valence-corrected chi connectivity index (χ3v) is 2.18. The molecule has 110 valence electrons. The molecule has 0 radical (unpaired) electrons. The molecule has 1 aromatic rings. The van der Waals surface area contributed by atoms with Crippen LogP contribution in [0.2, 0.25) is 0 Å². The summed E-state index contributed by atoms with van der Waals surface area (Å²) in [6.07, 6.45) is -0.952. The molecule has 2 N–H and O–H groups in total. The number of nitrogens with one attached hydrogen (secondary N) is 1. The summed E-state index contributed by atoms with van der Waals surface area (Å²) in [6.45, 7) is 4.89. The van der Waals surface area contributed by atoms with Crippen molar-refractivity contribution in [2.45, 2.75) is 26.4 Å². The summed E-state index contributed by atoms with van der Waals surface area (Å²) in [6, 6.07) is 2.16. The zero-order chi connectivity index (χ0) is 15.5. The van der Waals surface area contributed by atoms with E-state index < -0.39 is 34.7 Å². The predicted octanol–water partition coefficient (Wildman–Crippen LogP) is 2.88. The Morgan fingerprint density at radius 2 is 1.90 bits per heavy atom. The van der Waals surface area contributed by atoms with Crippen molar-refractivity contribution in [1.82, 2.24) is 0 Å². The predicted molar refractivity (Wildman–Crippen MR) is 69.8 cm³/mol. The summed E-state index contributed by atoms with van der Waals surface area (Å²) in [5, 5.41) is 11.2. The number of carbonyl (C=O) groups excluding carboxylic acids is 1. The second-order valence-corrected chi connectivity index (χ2v) is 4.93. The minimum absolute atomic E-state index is 0.0649. The van der Waals surface area contributed by atoms with Gasteiger partial charge in [0, 0.05) is 0 Å². The van der Waals surface area contributed by atoms with Crippen LogP contribution in [0.25, 0.3) is 0 Å². The van der Waals surface area contributed by atoms with Crippen LogP contribution in [0.3, 0.4) is 0 Å².